The van der Waals surface area contributed by atoms with E-state index in [2.05, 4.69) is 18.7 Å². The van der Waals surface area contributed by atoms with Gasteiger partial charge in [-0.25, -0.2) is 0 Å². The lowest BCUT2D eigenvalue weighted by Gasteiger charge is -2.22. The minimum absolute atomic E-state index is 0. The molecule has 3 heteroatoms. The average molecular weight is 205 g/mol. The summed E-state index contributed by atoms with van der Waals surface area (Å²) in [6, 6.07) is 1.21. The van der Waals surface area contributed by atoms with Gasteiger partial charge in [0.05, 0.1) is 0 Å². The summed E-state index contributed by atoms with van der Waals surface area (Å²) in [4.78, 5) is 2.58. The van der Waals surface area contributed by atoms with Crippen molar-refractivity contribution in [3.8, 4) is 0 Å². The standard InChI is InChI=1S/C10H20N2.ClH/c1-7(2)12-5-8-3-4-10(11)9(8)6-12;/h7-10H,3-6,11H2,1-2H3;1H/t8-,9+,10?;/m0./s1. The zero-order chi connectivity index (χ0) is 8.72. The van der Waals surface area contributed by atoms with E-state index in [0.717, 1.165) is 11.8 Å². The highest BCUT2D eigenvalue weighted by Gasteiger charge is 2.41. The molecule has 1 unspecified atom stereocenters. The maximum absolute atomic E-state index is 6.06. The van der Waals surface area contributed by atoms with Gasteiger partial charge in [-0.05, 0) is 38.5 Å². The van der Waals surface area contributed by atoms with Crippen molar-refractivity contribution in [3.05, 3.63) is 0 Å². The lowest BCUT2D eigenvalue weighted by atomic mass is 9.98. The van der Waals surface area contributed by atoms with Crippen LogP contribution in [0.25, 0.3) is 0 Å². The van der Waals surface area contributed by atoms with E-state index >= 15 is 0 Å². The fourth-order valence-electron chi connectivity index (χ4n) is 2.76. The average Bonchev–Trinajstić information content (AvgIpc) is 2.53. The van der Waals surface area contributed by atoms with Crippen molar-refractivity contribution in [2.75, 3.05) is 13.1 Å². The van der Waals surface area contributed by atoms with Gasteiger partial charge in [0.2, 0.25) is 0 Å². The minimum atomic E-state index is 0. The summed E-state index contributed by atoms with van der Waals surface area (Å²) >= 11 is 0. The van der Waals surface area contributed by atoms with Crippen molar-refractivity contribution in [1.29, 1.82) is 0 Å². The molecule has 0 bridgehead atoms. The first-order valence-electron chi connectivity index (χ1n) is 5.18. The summed E-state index contributed by atoms with van der Waals surface area (Å²) in [6.45, 7) is 7.12. The molecule has 0 aromatic rings. The number of rotatable bonds is 1. The molecule has 0 aromatic heterocycles. The van der Waals surface area contributed by atoms with Crippen LogP contribution in [-0.2, 0) is 0 Å². The SMILES string of the molecule is CC(C)N1C[C@@H]2CCC(N)[C@@H]2C1.Cl. The van der Waals surface area contributed by atoms with Crippen LogP contribution in [0.1, 0.15) is 26.7 Å². The monoisotopic (exact) mass is 204 g/mol. The lowest BCUT2D eigenvalue weighted by molar-refractivity contribution is 0.251. The summed E-state index contributed by atoms with van der Waals surface area (Å²) in [5, 5.41) is 0. The van der Waals surface area contributed by atoms with Gasteiger partial charge in [0.1, 0.15) is 0 Å². The summed E-state index contributed by atoms with van der Waals surface area (Å²) in [7, 11) is 0. The molecular formula is C10H21ClN2. The zero-order valence-corrected chi connectivity index (χ0v) is 9.39. The van der Waals surface area contributed by atoms with Gasteiger partial charge in [0.25, 0.3) is 0 Å². The predicted molar refractivity (Wildman–Crippen MR) is 58.1 cm³/mol. The Morgan fingerprint density at radius 2 is 1.92 bits per heavy atom. The molecule has 0 amide bonds. The Morgan fingerprint density at radius 1 is 1.23 bits per heavy atom. The summed E-state index contributed by atoms with van der Waals surface area (Å²) in [5.41, 5.74) is 6.06. The minimum Gasteiger partial charge on any atom is -0.327 e. The van der Waals surface area contributed by atoms with E-state index < -0.39 is 0 Å². The Kier molecular flexibility index (Phi) is 3.61. The highest BCUT2D eigenvalue weighted by atomic mass is 35.5. The molecule has 1 aliphatic carbocycles. The van der Waals surface area contributed by atoms with Gasteiger partial charge in [0, 0.05) is 25.2 Å². The predicted octanol–water partition coefficient (Wildman–Crippen LogP) is 1.49. The number of nitrogens with zero attached hydrogens (tertiary/aromatic N) is 1. The van der Waals surface area contributed by atoms with Gasteiger partial charge in [-0.15, -0.1) is 12.4 Å². The second-order valence-corrected chi connectivity index (χ2v) is 4.71. The van der Waals surface area contributed by atoms with Gasteiger partial charge in [-0.3, -0.25) is 0 Å². The van der Waals surface area contributed by atoms with Crippen molar-refractivity contribution >= 4 is 12.4 Å². The Balaban J connectivity index is 0.000000845. The molecule has 0 aromatic carbocycles. The molecule has 1 saturated carbocycles. The lowest BCUT2D eigenvalue weighted by Crippen LogP contribution is -2.33. The fourth-order valence-corrected chi connectivity index (χ4v) is 2.76. The first kappa shape index (κ1) is 11.3. The maximum Gasteiger partial charge on any atom is 0.00826 e. The van der Waals surface area contributed by atoms with Crippen molar-refractivity contribution in [2.24, 2.45) is 17.6 Å². The molecular weight excluding hydrogens is 184 g/mol. The second-order valence-electron chi connectivity index (χ2n) is 4.71. The number of halogens is 1. The van der Waals surface area contributed by atoms with Crippen LogP contribution in [0.15, 0.2) is 0 Å². The van der Waals surface area contributed by atoms with Crippen LogP contribution in [0.4, 0.5) is 0 Å². The molecule has 2 rings (SSSR count). The smallest absolute Gasteiger partial charge is 0.00826 e. The third-order valence-corrected chi connectivity index (χ3v) is 3.67. The Morgan fingerprint density at radius 3 is 2.46 bits per heavy atom. The number of likely N-dealkylation sites (tertiary alicyclic amines) is 1. The van der Waals surface area contributed by atoms with Gasteiger partial charge < -0.3 is 10.6 Å². The zero-order valence-electron chi connectivity index (χ0n) is 8.57. The van der Waals surface area contributed by atoms with Crippen LogP contribution >= 0.6 is 12.4 Å². The van der Waals surface area contributed by atoms with Crippen molar-refractivity contribution in [1.82, 2.24) is 4.90 Å². The molecule has 2 nitrogen and oxygen atoms in total. The summed E-state index contributed by atoms with van der Waals surface area (Å²) in [5.74, 6) is 1.73. The Hall–Kier alpha value is 0.210. The second kappa shape index (κ2) is 4.16. The van der Waals surface area contributed by atoms with Gasteiger partial charge in [-0.2, -0.15) is 0 Å². The van der Waals surface area contributed by atoms with Crippen LogP contribution < -0.4 is 5.73 Å². The number of hydrogen-bond donors (Lipinski definition) is 1. The van der Waals surface area contributed by atoms with E-state index in [1.54, 1.807) is 0 Å². The Bertz CT molecular complexity index is 172. The van der Waals surface area contributed by atoms with Crippen LogP contribution in [0.3, 0.4) is 0 Å². The molecule has 78 valence electrons. The number of nitrogens with two attached hydrogens (primary N) is 1. The van der Waals surface area contributed by atoms with Crippen molar-refractivity contribution in [3.63, 3.8) is 0 Å². The topological polar surface area (TPSA) is 29.3 Å². The van der Waals surface area contributed by atoms with E-state index in [1.807, 2.05) is 0 Å². The maximum atomic E-state index is 6.06. The van der Waals surface area contributed by atoms with E-state index in [1.165, 1.54) is 25.9 Å². The van der Waals surface area contributed by atoms with E-state index in [9.17, 15) is 0 Å². The molecule has 0 radical (unpaired) electrons. The molecule has 2 N–H and O–H groups in total. The third kappa shape index (κ3) is 2.00. The Labute approximate surface area is 87.3 Å². The van der Waals surface area contributed by atoms with E-state index in [-0.39, 0.29) is 12.4 Å². The molecule has 1 aliphatic heterocycles. The number of hydrogen-bond acceptors (Lipinski definition) is 2. The van der Waals surface area contributed by atoms with Gasteiger partial charge in [-0.1, -0.05) is 0 Å². The molecule has 13 heavy (non-hydrogen) atoms. The molecule has 2 fully saturated rings. The van der Waals surface area contributed by atoms with Crippen molar-refractivity contribution in [2.45, 2.75) is 38.8 Å². The van der Waals surface area contributed by atoms with Gasteiger partial charge in [0.15, 0.2) is 0 Å². The van der Waals surface area contributed by atoms with Crippen LogP contribution in [0.5, 0.6) is 0 Å². The first-order chi connectivity index (χ1) is 5.68. The molecule has 0 spiro atoms. The van der Waals surface area contributed by atoms with Gasteiger partial charge >= 0.3 is 0 Å². The fraction of sp³-hybridized carbons (Fsp3) is 1.00. The summed E-state index contributed by atoms with van der Waals surface area (Å²) in [6.07, 6.45) is 2.64. The van der Waals surface area contributed by atoms with E-state index in [0.29, 0.717) is 12.1 Å². The summed E-state index contributed by atoms with van der Waals surface area (Å²) < 4.78 is 0. The van der Waals surface area contributed by atoms with E-state index in [4.69, 9.17) is 5.73 Å². The highest BCUT2D eigenvalue weighted by molar-refractivity contribution is 5.85. The quantitative estimate of drug-likeness (QED) is 0.702. The normalized spacial score (nSPS) is 39.2. The highest BCUT2D eigenvalue weighted by Crippen LogP contribution is 2.37. The third-order valence-electron chi connectivity index (χ3n) is 3.67. The first-order valence-corrected chi connectivity index (χ1v) is 5.18. The molecule has 1 heterocycles. The van der Waals surface area contributed by atoms with Crippen LogP contribution in [-0.4, -0.2) is 30.1 Å². The van der Waals surface area contributed by atoms with Crippen LogP contribution in [0.2, 0.25) is 0 Å². The largest absolute Gasteiger partial charge is 0.327 e. The molecule has 2 aliphatic rings. The number of fused-ring (bicyclic) bond motifs is 1. The van der Waals surface area contributed by atoms with Crippen molar-refractivity contribution < 1.29 is 0 Å². The molecule has 1 saturated heterocycles. The molecule has 3 atom stereocenters. The van der Waals surface area contributed by atoms with Crippen LogP contribution in [0, 0.1) is 11.8 Å².